The molecule has 1 aromatic heterocycles. The van der Waals surface area contributed by atoms with Gasteiger partial charge in [-0.2, -0.15) is 5.10 Å². The van der Waals surface area contributed by atoms with Crippen LogP contribution in [-0.2, 0) is 4.79 Å². The van der Waals surface area contributed by atoms with Crippen LogP contribution in [0.25, 0.3) is 16.6 Å². The highest BCUT2D eigenvalue weighted by atomic mass is 32.2. The van der Waals surface area contributed by atoms with Crippen LogP contribution < -0.4 is 15.7 Å². The van der Waals surface area contributed by atoms with Gasteiger partial charge in [0.2, 0.25) is 0 Å². The summed E-state index contributed by atoms with van der Waals surface area (Å²) in [7, 11) is 0. The molecular weight excluding hydrogens is 460 g/mol. The number of amides is 1. The number of nitrogens with zero attached hydrogens (tertiary/aromatic N) is 3. The van der Waals surface area contributed by atoms with Crippen molar-refractivity contribution in [3.8, 4) is 11.4 Å². The Morgan fingerprint density at radius 1 is 1.09 bits per heavy atom. The Morgan fingerprint density at radius 3 is 2.57 bits per heavy atom. The third-order valence-corrected chi connectivity index (χ3v) is 6.06. The number of nitrogens with one attached hydrogen (secondary N) is 1. The molecule has 1 N–H and O–H groups in total. The molecule has 7 nitrogen and oxygen atoms in total. The van der Waals surface area contributed by atoms with Gasteiger partial charge in [0.05, 0.1) is 35.2 Å². The maximum absolute atomic E-state index is 13.3. The molecule has 4 aromatic rings. The Kier molecular flexibility index (Phi) is 7.95. The lowest BCUT2D eigenvalue weighted by Crippen LogP contribution is -2.24. The van der Waals surface area contributed by atoms with Crippen LogP contribution in [0.3, 0.4) is 0 Å². The van der Waals surface area contributed by atoms with Gasteiger partial charge in [-0.25, -0.2) is 10.4 Å². The number of aromatic nitrogens is 2. The number of fused-ring (bicyclic) bond motifs is 1. The monoisotopic (exact) mass is 486 g/mol. The van der Waals surface area contributed by atoms with Crippen molar-refractivity contribution in [2.24, 2.45) is 5.10 Å². The highest BCUT2D eigenvalue weighted by Gasteiger charge is 2.14. The number of benzene rings is 3. The number of carbonyl (C=O) groups is 1. The molecule has 0 aliphatic heterocycles. The molecular formula is C27H26N4O3S. The summed E-state index contributed by atoms with van der Waals surface area (Å²) in [5.74, 6) is 0.552. The molecule has 178 valence electrons. The van der Waals surface area contributed by atoms with E-state index in [0.29, 0.717) is 28.4 Å². The Hall–Kier alpha value is -3.91. The van der Waals surface area contributed by atoms with Gasteiger partial charge in [-0.15, -0.1) is 0 Å². The molecule has 3 aromatic carbocycles. The van der Waals surface area contributed by atoms with Crippen molar-refractivity contribution in [2.45, 2.75) is 25.4 Å². The van der Waals surface area contributed by atoms with Crippen molar-refractivity contribution in [1.82, 2.24) is 15.0 Å². The van der Waals surface area contributed by atoms with E-state index in [1.165, 1.54) is 11.8 Å². The Labute approximate surface area is 207 Å². The van der Waals surface area contributed by atoms with E-state index in [0.717, 1.165) is 23.3 Å². The lowest BCUT2D eigenvalue weighted by Gasteiger charge is -2.13. The van der Waals surface area contributed by atoms with E-state index in [1.807, 2.05) is 67.6 Å². The first-order chi connectivity index (χ1) is 17.0. The number of aryl methyl sites for hydroxylation is 1. The van der Waals surface area contributed by atoms with Crippen molar-refractivity contribution in [3.05, 3.63) is 94.3 Å². The first kappa shape index (κ1) is 24.2. The average Bonchev–Trinajstić information content (AvgIpc) is 2.88. The number of para-hydroxylation sites is 1. The van der Waals surface area contributed by atoms with Gasteiger partial charge in [-0.05, 0) is 67.4 Å². The summed E-state index contributed by atoms with van der Waals surface area (Å²) in [6.07, 6.45) is 2.52. The standard InChI is InChI=1S/C27H26N4O3S/c1-3-16-34-22-14-10-20(11-15-22)17-28-30-25(32)18-35-27-29-24-7-5-4-6-23(24)26(33)31(27)21-12-8-19(2)9-13-21/h4-15,17H,3,16,18H2,1-2H3,(H,30,32). The second kappa shape index (κ2) is 11.5. The molecule has 0 saturated heterocycles. The second-order valence-electron chi connectivity index (χ2n) is 7.89. The molecule has 35 heavy (non-hydrogen) atoms. The van der Waals surface area contributed by atoms with Gasteiger partial charge in [0.15, 0.2) is 5.16 Å². The van der Waals surface area contributed by atoms with Crippen LogP contribution in [0.15, 0.2) is 87.8 Å². The van der Waals surface area contributed by atoms with E-state index in [-0.39, 0.29) is 17.2 Å². The Bertz CT molecular complexity index is 1400. The molecule has 1 heterocycles. The first-order valence-electron chi connectivity index (χ1n) is 11.3. The zero-order valence-electron chi connectivity index (χ0n) is 19.6. The third kappa shape index (κ3) is 6.16. The van der Waals surface area contributed by atoms with Gasteiger partial charge < -0.3 is 4.74 Å². The molecule has 0 fully saturated rings. The van der Waals surface area contributed by atoms with Crippen LogP contribution in [-0.4, -0.2) is 34.0 Å². The summed E-state index contributed by atoms with van der Waals surface area (Å²) in [6, 6.07) is 22.3. The Morgan fingerprint density at radius 2 is 1.83 bits per heavy atom. The summed E-state index contributed by atoms with van der Waals surface area (Å²) in [4.78, 5) is 30.4. The smallest absolute Gasteiger partial charge is 0.266 e. The highest BCUT2D eigenvalue weighted by molar-refractivity contribution is 7.99. The zero-order valence-corrected chi connectivity index (χ0v) is 20.4. The van der Waals surface area contributed by atoms with Crippen molar-refractivity contribution in [2.75, 3.05) is 12.4 Å². The van der Waals surface area contributed by atoms with Crippen LogP contribution in [0.2, 0.25) is 0 Å². The van der Waals surface area contributed by atoms with E-state index >= 15 is 0 Å². The highest BCUT2D eigenvalue weighted by Crippen LogP contribution is 2.21. The van der Waals surface area contributed by atoms with E-state index < -0.39 is 0 Å². The number of ether oxygens (including phenoxy) is 1. The minimum Gasteiger partial charge on any atom is -0.494 e. The molecule has 8 heteroatoms. The summed E-state index contributed by atoms with van der Waals surface area (Å²) in [5, 5.41) is 5.01. The van der Waals surface area contributed by atoms with Crippen LogP contribution in [0, 0.1) is 6.92 Å². The molecule has 0 spiro atoms. The minimum absolute atomic E-state index is 0.0534. The summed E-state index contributed by atoms with van der Waals surface area (Å²) in [5.41, 5.74) is 5.58. The van der Waals surface area contributed by atoms with Gasteiger partial charge in [-0.3, -0.25) is 14.2 Å². The SMILES string of the molecule is CCCOc1ccc(C=NNC(=O)CSc2nc3ccccc3c(=O)n2-c2ccc(C)cc2)cc1. The average molecular weight is 487 g/mol. The molecule has 0 radical (unpaired) electrons. The summed E-state index contributed by atoms with van der Waals surface area (Å²) < 4.78 is 7.11. The molecule has 0 aliphatic carbocycles. The van der Waals surface area contributed by atoms with Crippen LogP contribution in [0.5, 0.6) is 5.75 Å². The van der Waals surface area contributed by atoms with Gasteiger partial charge in [0, 0.05) is 0 Å². The van der Waals surface area contributed by atoms with Crippen molar-refractivity contribution < 1.29 is 9.53 Å². The van der Waals surface area contributed by atoms with E-state index in [2.05, 4.69) is 22.4 Å². The molecule has 0 atom stereocenters. The van der Waals surface area contributed by atoms with Gasteiger partial charge >= 0.3 is 0 Å². The van der Waals surface area contributed by atoms with Crippen molar-refractivity contribution in [1.29, 1.82) is 0 Å². The lowest BCUT2D eigenvalue weighted by molar-refractivity contribution is -0.118. The van der Waals surface area contributed by atoms with Crippen LogP contribution >= 0.6 is 11.8 Å². The predicted molar refractivity (Wildman–Crippen MR) is 141 cm³/mol. The number of hydrazone groups is 1. The van der Waals surface area contributed by atoms with Gasteiger partial charge in [-0.1, -0.05) is 48.5 Å². The molecule has 0 saturated carbocycles. The maximum Gasteiger partial charge on any atom is 0.266 e. The topological polar surface area (TPSA) is 85.6 Å². The fourth-order valence-electron chi connectivity index (χ4n) is 3.34. The van der Waals surface area contributed by atoms with E-state index in [1.54, 1.807) is 22.9 Å². The molecule has 0 unspecified atom stereocenters. The quantitative estimate of drug-likeness (QED) is 0.160. The number of hydrogen-bond acceptors (Lipinski definition) is 6. The third-order valence-electron chi connectivity index (χ3n) is 5.13. The minimum atomic E-state index is -0.299. The number of hydrogen-bond donors (Lipinski definition) is 1. The van der Waals surface area contributed by atoms with Gasteiger partial charge in [0.1, 0.15) is 5.75 Å². The number of rotatable bonds is 9. The lowest BCUT2D eigenvalue weighted by atomic mass is 10.2. The molecule has 4 rings (SSSR count). The predicted octanol–water partition coefficient (Wildman–Crippen LogP) is 4.73. The maximum atomic E-state index is 13.3. The van der Waals surface area contributed by atoms with Crippen molar-refractivity contribution in [3.63, 3.8) is 0 Å². The summed E-state index contributed by atoms with van der Waals surface area (Å²) >= 11 is 1.19. The zero-order chi connectivity index (χ0) is 24.6. The first-order valence-corrected chi connectivity index (χ1v) is 12.3. The second-order valence-corrected chi connectivity index (χ2v) is 8.83. The fraction of sp³-hybridized carbons (Fsp3) is 0.185. The number of thioether (sulfide) groups is 1. The van der Waals surface area contributed by atoms with Crippen molar-refractivity contribution >= 4 is 34.8 Å². The Balaban J connectivity index is 1.47. The normalized spacial score (nSPS) is 11.1. The fourth-order valence-corrected chi connectivity index (χ4v) is 4.15. The van der Waals surface area contributed by atoms with Crippen LogP contribution in [0.1, 0.15) is 24.5 Å². The molecule has 0 aliphatic rings. The largest absolute Gasteiger partial charge is 0.494 e. The van der Waals surface area contributed by atoms with E-state index in [9.17, 15) is 9.59 Å². The summed E-state index contributed by atoms with van der Waals surface area (Å²) in [6.45, 7) is 4.71. The van der Waals surface area contributed by atoms with Crippen LogP contribution in [0.4, 0.5) is 0 Å². The van der Waals surface area contributed by atoms with Gasteiger partial charge in [0.25, 0.3) is 11.5 Å². The molecule has 1 amide bonds. The molecule has 0 bridgehead atoms. The van der Waals surface area contributed by atoms with E-state index in [4.69, 9.17) is 4.74 Å². The number of carbonyl (C=O) groups excluding carboxylic acids is 1.